The van der Waals surface area contributed by atoms with E-state index in [1.807, 2.05) is 6.92 Å². The Balaban J connectivity index is 1.76. The number of likely N-dealkylation sites (tertiary alicyclic amines) is 1. The van der Waals surface area contributed by atoms with Crippen LogP contribution in [0.5, 0.6) is 0 Å². The molecule has 2 aromatic rings. The number of pyridine rings is 1. The Morgan fingerprint density at radius 3 is 3.04 bits per heavy atom. The molecule has 0 aliphatic carbocycles. The SMILES string of the molecule is CCC[C@]1(CO)CCN(C(=O)c2ccn3ncnc3c2)C[C@H]1O. The van der Waals surface area contributed by atoms with Crippen LogP contribution in [0.3, 0.4) is 0 Å². The fraction of sp³-hybridized carbons (Fsp3) is 0.562. The first-order valence-electron chi connectivity index (χ1n) is 7.97. The summed E-state index contributed by atoms with van der Waals surface area (Å²) in [5.74, 6) is -0.127. The highest BCUT2D eigenvalue weighted by molar-refractivity contribution is 5.95. The van der Waals surface area contributed by atoms with Crippen LogP contribution < -0.4 is 0 Å². The van der Waals surface area contributed by atoms with Crippen molar-refractivity contribution in [3.05, 3.63) is 30.2 Å². The monoisotopic (exact) mass is 318 g/mol. The van der Waals surface area contributed by atoms with Crippen LogP contribution in [0.2, 0.25) is 0 Å². The van der Waals surface area contributed by atoms with Gasteiger partial charge >= 0.3 is 0 Å². The van der Waals surface area contributed by atoms with Crippen molar-refractivity contribution < 1.29 is 15.0 Å². The second-order valence-electron chi connectivity index (χ2n) is 6.27. The molecule has 0 aromatic carbocycles. The van der Waals surface area contributed by atoms with E-state index >= 15 is 0 Å². The van der Waals surface area contributed by atoms with Crippen molar-refractivity contribution in [3.8, 4) is 0 Å². The van der Waals surface area contributed by atoms with Gasteiger partial charge in [0, 0.05) is 30.3 Å². The molecule has 0 spiro atoms. The second kappa shape index (κ2) is 6.25. The van der Waals surface area contributed by atoms with Gasteiger partial charge in [0.05, 0.1) is 12.7 Å². The van der Waals surface area contributed by atoms with Crippen LogP contribution in [0.4, 0.5) is 0 Å². The van der Waals surface area contributed by atoms with E-state index in [4.69, 9.17) is 0 Å². The minimum Gasteiger partial charge on any atom is -0.396 e. The minimum absolute atomic E-state index is 0.0459. The standard InChI is InChI=1S/C16H22N4O3/c1-2-4-16(10-21)5-7-19(9-13(16)22)15(23)12-3-6-20-14(8-12)17-11-18-20/h3,6,8,11,13,21-22H,2,4-5,7,9-10H2,1H3/t13-,16-/m1/s1. The molecule has 1 saturated heterocycles. The third kappa shape index (κ3) is 2.82. The molecule has 3 rings (SSSR count). The number of aliphatic hydroxyl groups excluding tert-OH is 2. The van der Waals surface area contributed by atoms with Crippen LogP contribution in [-0.2, 0) is 0 Å². The summed E-state index contributed by atoms with van der Waals surface area (Å²) < 4.78 is 1.60. The van der Waals surface area contributed by atoms with Gasteiger partial charge in [-0.3, -0.25) is 4.79 Å². The van der Waals surface area contributed by atoms with E-state index in [0.29, 0.717) is 24.2 Å². The molecule has 0 saturated carbocycles. The zero-order valence-corrected chi connectivity index (χ0v) is 13.2. The number of rotatable bonds is 4. The van der Waals surface area contributed by atoms with Gasteiger partial charge in [-0.05, 0) is 25.0 Å². The Labute approximate surface area is 134 Å². The molecular formula is C16H22N4O3. The van der Waals surface area contributed by atoms with Crippen LogP contribution >= 0.6 is 0 Å². The molecule has 23 heavy (non-hydrogen) atoms. The van der Waals surface area contributed by atoms with Gasteiger partial charge in [0.1, 0.15) is 6.33 Å². The first-order valence-corrected chi connectivity index (χ1v) is 7.97. The number of hydrogen-bond acceptors (Lipinski definition) is 5. The Kier molecular flexibility index (Phi) is 4.32. The topological polar surface area (TPSA) is 91.0 Å². The number of β-amino-alcohol motifs (C(OH)–C–C–N with tert-alkyl or cyclic N) is 1. The predicted octanol–water partition coefficient (Wildman–Crippen LogP) is 0.715. The van der Waals surface area contributed by atoms with Crippen molar-refractivity contribution >= 4 is 11.6 Å². The summed E-state index contributed by atoms with van der Waals surface area (Å²) in [4.78, 5) is 18.4. The summed E-state index contributed by atoms with van der Waals surface area (Å²) in [5.41, 5.74) is 0.663. The normalized spacial score (nSPS) is 25.0. The molecule has 2 N–H and O–H groups in total. The maximum Gasteiger partial charge on any atom is 0.254 e. The van der Waals surface area contributed by atoms with Gasteiger partial charge in [-0.1, -0.05) is 13.3 Å². The fourth-order valence-electron chi connectivity index (χ4n) is 3.39. The molecule has 1 aliphatic heterocycles. The summed E-state index contributed by atoms with van der Waals surface area (Å²) in [7, 11) is 0. The quantitative estimate of drug-likeness (QED) is 0.866. The summed E-state index contributed by atoms with van der Waals surface area (Å²) in [5, 5.41) is 24.2. The van der Waals surface area contributed by atoms with Gasteiger partial charge in [-0.15, -0.1) is 0 Å². The average molecular weight is 318 g/mol. The number of carbonyl (C=O) groups excluding carboxylic acids is 1. The van der Waals surface area contributed by atoms with E-state index in [1.165, 1.54) is 6.33 Å². The van der Waals surface area contributed by atoms with Crippen molar-refractivity contribution in [3.63, 3.8) is 0 Å². The fourth-order valence-corrected chi connectivity index (χ4v) is 3.39. The average Bonchev–Trinajstić information content (AvgIpc) is 3.03. The van der Waals surface area contributed by atoms with Crippen molar-refractivity contribution in [2.45, 2.75) is 32.3 Å². The lowest BCUT2D eigenvalue weighted by atomic mass is 9.73. The Bertz CT molecular complexity index is 701. The van der Waals surface area contributed by atoms with Crippen LogP contribution in [0.15, 0.2) is 24.7 Å². The number of hydrogen-bond donors (Lipinski definition) is 2. The molecule has 0 bridgehead atoms. The molecule has 1 amide bonds. The lowest BCUT2D eigenvalue weighted by Gasteiger charge is -2.44. The van der Waals surface area contributed by atoms with Gasteiger partial charge in [-0.25, -0.2) is 9.50 Å². The molecule has 124 valence electrons. The highest BCUT2D eigenvalue weighted by Gasteiger charge is 2.42. The molecule has 0 unspecified atom stereocenters. The molecule has 2 aromatic heterocycles. The zero-order chi connectivity index (χ0) is 16.4. The zero-order valence-electron chi connectivity index (χ0n) is 13.2. The van der Waals surface area contributed by atoms with Crippen molar-refractivity contribution in [2.75, 3.05) is 19.7 Å². The third-order valence-corrected chi connectivity index (χ3v) is 4.86. The van der Waals surface area contributed by atoms with Gasteiger partial charge in [-0.2, -0.15) is 5.10 Å². The smallest absolute Gasteiger partial charge is 0.254 e. The molecule has 7 heteroatoms. The number of fused-ring (bicyclic) bond motifs is 1. The summed E-state index contributed by atoms with van der Waals surface area (Å²) in [6, 6.07) is 3.40. The molecule has 1 fully saturated rings. The number of piperidine rings is 1. The van der Waals surface area contributed by atoms with E-state index in [-0.39, 0.29) is 19.1 Å². The predicted molar refractivity (Wildman–Crippen MR) is 83.9 cm³/mol. The van der Waals surface area contributed by atoms with Gasteiger partial charge < -0.3 is 15.1 Å². The van der Waals surface area contributed by atoms with E-state index < -0.39 is 11.5 Å². The number of aromatic nitrogens is 3. The summed E-state index contributed by atoms with van der Waals surface area (Å²) in [6.45, 7) is 2.77. The molecule has 0 radical (unpaired) electrons. The van der Waals surface area contributed by atoms with Crippen LogP contribution in [0, 0.1) is 5.41 Å². The second-order valence-corrected chi connectivity index (χ2v) is 6.27. The number of nitrogens with zero attached hydrogens (tertiary/aromatic N) is 4. The Morgan fingerprint density at radius 2 is 2.35 bits per heavy atom. The van der Waals surface area contributed by atoms with E-state index in [9.17, 15) is 15.0 Å². The maximum atomic E-state index is 12.7. The van der Waals surface area contributed by atoms with Crippen molar-refractivity contribution in [1.82, 2.24) is 19.5 Å². The Morgan fingerprint density at radius 1 is 1.52 bits per heavy atom. The lowest BCUT2D eigenvalue weighted by Crippen LogP contribution is -2.54. The van der Waals surface area contributed by atoms with E-state index in [1.54, 1.807) is 27.7 Å². The number of aliphatic hydroxyl groups is 2. The summed E-state index contributed by atoms with van der Waals surface area (Å²) >= 11 is 0. The van der Waals surface area contributed by atoms with E-state index in [0.717, 1.165) is 12.8 Å². The molecular weight excluding hydrogens is 296 g/mol. The molecule has 3 heterocycles. The lowest BCUT2D eigenvalue weighted by molar-refractivity contribution is -0.0713. The molecule has 7 nitrogen and oxygen atoms in total. The van der Waals surface area contributed by atoms with Crippen LogP contribution in [0.1, 0.15) is 36.5 Å². The van der Waals surface area contributed by atoms with Crippen molar-refractivity contribution in [2.24, 2.45) is 5.41 Å². The van der Waals surface area contributed by atoms with Gasteiger partial charge in [0.15, 0.2) is 5.65 Å². The summed E-state index contributed by atoms with van der Waals surface area (Å²) in [6.07, 6.45) is 4.70. The van der Waals surface area contributed by atoms with Crippen LogP contribution in [0.25, 0.3) is 5.65 Å². The van der Waals surface area contributed by atoms with Crippen molar-refractivity contribution in [1.29, 1.82) is 0 Å². The van der Waals surface area contributed by atoms with Gasteiger partial charge in [0.2, 0.25) is 0 Å². The minimum atomic E-state index is -0.707. The maximum absolute atomic E-state index is 12.7. The molecule has 1 aliphatic rings. The highest BCUT2D eigenvalue weighted by Crippen LogP contribution is 2.36. The first-order chi connectivity index (χ1) is 11.1. The third-order valence-electron chi connectivity index (χ3n) is 4.86. The van der Waals surface area contributed by atoms with E-state index in [2.05, 4.69) is 10.1 Å². The van der Waals surface area contributed by atoms with Crippen LogP contribution in [-0.4, -0.2) is 61.4 Å². The van der Waals surface area contributed by atoms with Gasteiger partial charge in [0.25, 0.3) is 5.91 Å². The Hall–Kier alpha value is -1.99. The highest BCUT2D eigenvalue weighted by atomic mass is 16.3. The molecule has 2 atom stereocenters. The number of carbonyl (C=O) groups is 1. The largest absolute Gasteiger partial charge is 0.396 e. The first kappa shape index (κ1) is 15.9. The number of amides is 1.